The quantitative estimate of drug-likeness (QED) is 0.713. The molecule has 1 aromatic heterocycles. The molecule has 102 valence electrons. The molecule has 0 aliphatic rings. The van der Waals surface area contributed by atoms with E-state index in [9.17, 15) is 0 Å². The number of hydrogen-bond donors (Lipinski definition) is 0. The van der Waals surface area contributed by atoms with Gasteiger partial charge in [0.2, 0.25) is 0 Å². The van der Waals surface area contributed by atoms with Crippen LogP contribution >= 0.6 is 0 Å². The molecule has 0 aliphatic carbocycles. The van der Waals surface area contributed by atoms with Crippen molar-refractivity contribution in [1.82, 2.24) is 15.0 Å². The molecule has 0 amide bonds. The van der Waals surface area contributed by atoms with E-state index < -0.39 is 0 Å². The number of aryl methyl sites for hydroxylation is 1. The third-order valence-electron chi connectivity index (χ3n) is 3.66. The Balaban J connectivity index is 2.03. The third-order valence-corrected chi connectivity index (χ3v) is 3.66. The first-order valence-electron chi connectivity index (χ1n) is 7.12. The summed E-state index contributed by atoms with van der Waals surface area (Å²) in [5.41, 5.74) is 3.45. The smallest absolute Gasteiger partial charge is 0.0857 e. The Morgan fingerprint density at radius 1 is 1.05 bits per heavy atom. The maximum Gasteiger partial charge on any atom is 0.0857 e. The molecule has 0 radical (unpaired) electrons. The first kappa shape index (κ1) is 12.9. The van der Waals surface area contributed by atoms with Gasteiger partial charge in [-0.05, 0) is 40.8 Å². The summed E-state index contributed by atoms with van der Waals surface area (Å²) in [7, 11) is 0. The molecule has 3 heteroatoms. The summed E-state index contributed by atoms with van der Waals surface area (Å²) < 4.78 is 1.85. The van der Waals surface area contributed by atoms with Gasteiger partial charge in [0.15, 0.2) is 0 Å². The summed E-state index contributed by atoms with van der Waals surface area (Å²) in [6, 6.07) is 13.0. The molecule has 2 aromatic carbocycles. The molecule has 1 heterocycles. The van der Waals surface area contributed by atoms with Crippen molar-refractivity contribution in [1.29, 1.82) is 0 Å². The van der Waals surface area contributed by atoms with Crippen molar-refractivity contribution < 1.29 is 0 Å². The lowest BCUT2D eigenvalue weighted by Gasteiger charge is -2.05. The van der Waals surface area contributed by atoms with Crippen molar-refractivity contribution in [3.8, 4) is 5.69 Å². The van der Waals surface area contributed by atoms with E-state index in [2.05, 4.69) is 67.5 Å². The highest BCUT2D eigenvalue weighted by Crippen LogP contribution is 2.21. The summed E-state index contributed by atoms with van der Waals surface area (Å²) in [4.78, 5) is 0. The van der Waals surface area contributed by atoms with Crippen molar-refractivity contribution in [2.24, 2.45) is 0 Å². The van der Waals surface area contributed by atoms with Crippen molar-refractivity contribution in [2.75, 3.05) is 0 Å². The second kappa shape index (κ2) is 5.08. The molecule has 3 aromatic rings. The first-order valence-corrected chi connectivity index (χ1v) is 7.12. The Morgan fingerprint density at radius 2 is 1.80 bits per heavy atom. The molecule has 3 nitrogen and oxygen atoms in total. The van der Waals surface area contributed by atoms with E-state index >= 15 is 0 Å². The second-order valence-corrected chi connectivity index (χ2v) is 5.46. The molecule has 0 unspecified atom stereocenters. The van der Waals surface area contributed by atoms with E-state index in [0.717, 1.165) is 17.8 Å². The minimum Gasteiger partial charge on any atom is -0.220 e. The average molecular weight is 265 g/mol. The predicted octanol–water partition coefficient (Wildman–Crippen LogP) is 4.11. The van der Waals surface area contributed by atoms with Gasteiger partial charge in [-0.2, -0.15) is 0 Å². The molecule has 0 fully saturated rings. The lowest BCUT2D eigenvalue weighted by molar-refractivity contribution is 0.776. The third kappa shape index (κ3) is 2.31. The number of fused-ring (bicyclic) bond motifs is 1. The summed E-state index contributed by atoms with van der Waals surface area (Å²) in [6.45, 7) is 6.43. The molecule has 0 saturated carbocycles. The maximum atomic E-state index is 4.21. The first-order chi connectivity index (χ1) is 9.67. The van der Waals surface area contributed by atoms with Crippen LogP contribution in [-0.4, -0.2) is 15.0 Å². The Labute approximate surface area is 119 Å². The van der Waals surface area contributed by atoms with Gasteiger partial charge in [-0.3, -0.25) is 0 Å². The Hall–Kier alpha value is -2.16. The van der Waals surface area contributed by atoms with Crippen LogP contribution in [-0.2, 0) is 6.42 Å². The number of rotatable bonds is 3. The molecular weight excluding hydrogens is 246 g/mol. The van der Waals surface area contributed by atoms with Crippen LogP contribution in [0.4, 0.5) is 0 Å². The van der Waals surface area contributed by atoms with Crippen LogP contribution in [0.15, 0.2) is 42.6 Å². The van der Waals surface area contributed by atoms with Crippen molar-refractivity contribution in [2.45, 2.75) is 33.1 Å². The highest BCUT2D eigenvalue weighted by atomic mass is 15.4. The largest absolute Gasteiger partial charge is 0.220 e. The second-order valence-electron chi connectivity index (χ2n) is 5.46. The van der Waals surface area contributed by atoms with Crippen molar-refractivity contribution in [3.05, 3.63) is 53.9 Å². The fourth-order valence-electron chi connectivity index (χ4n) is 2.31. The van der Waals surface area contributed by atoms with Crippen molar-refractivity contribution in [3.63, 3.8) is 0 Å². The van der Waals surface area contributed by atoms with E-state index in [1.807, 2.05) is 10.9 Å². The Bertz CT molecular complexity index is 741. The normalized spacial score (nSPS) is 11.4. The molecule has 0 saturated heterocycles. The Kier molecular flexibility index (Phi) is 3.26. The molecule has 0 spiro atoms. The number of nitrogens with zero attached hydrogens (tertiary/aromatic N) is 3. The van der Waals surface area contributed by atoms with Crippen LogP contribution in [0.1, 0.15) is 37.9 Å². The maximum absolute atomic E-state index is 4.21. The van der Waals surface area contributed by atoms with Gasteiger partial charge in [-0.15, -0.1) is 5.10 Å². The van der Waals surface area contributed by atoms with E-state index in [-0.39, 0.29) is 0 Å². The monoisotopic (exact) mass is 265 g/mol. The zero-order valence-electron chi connectivity index (χ0n) is 12.2. The highest BCUT2D eigenvalue weighted by Gasteiger charge is 2.06. The van der Waals surface area contributed by atoms with Crippen LogP contribution in [0.25, 0.3) is 16.5 Å². The average Bonchev–Trinajstić information content (AvgIpc) is 2.96. The van der Waals surface area contributed by atoms with E-state index in [1.165, 1.54) is 16.3 Å². The minimum atomic E-state index is 0.399. The molecule has 0 bridgehead atoms. The molecule has 0 N–H and O–H groups in total. The molecule has 0 atom stereocenters. The zero-order valence-corrected chi connectivity index (χ0v) is 12.2. The van der Waals surface area contributed by atoms with E-state index in [4.69, 9.17) is 0 Å². The summed E-state index contributed by atoms with van der Waals surface area (Å²) in [5.74, 6) is 0.399. The molecule has 20 heavy (non-hydrogen) atoms. The van der Waals surface area contributed by atoms with Gasteiger partial charge < -0.3 is 0 Å². The number of aromatic nitrogens is 3. The predicted molar refractivity (Wildman–Crippen MR) is 82.3 cm³/mol. The summed E-state index contributed by atoms with van der Waals surface area (Å²) >= 11 is 0. The standard InChI is InChI=1S/C17H19N3/c1-4-13-5-6-15-10-16(8-7-14(15)9-13)20-11-17(12(2)3)18-19-20/h5-12H,4H2,1-3H3. The van der Waals surface area contributed by atoms with Crippen LogP contribution in [0.3, 0.4) is 0 Å². The lowest BCUT2D eigenvalue weighted by atomic mass is 10.1. The van der Waals surface area contributed by atoms with E-state index in [1.54, 1.807) is 0 Å². The molecular formula is C17H19N3. The zero-order chi connectivity index (χ0) is 14.1. The number of hydrogen-bond acceptors (Lipinski definition) is 2. The summed E-state index contributed by atoms with van der Waals surface area (Å²) in [6.07, 6.45) is 3.07. The van der Waals surface area contributed by atoms with Gasteiger partial charge in [-0.1, -0.05) is 50.3 Å². The SMILES string of the molecule is CCc1ccc2cc(-n3cc(C(C)C)nn3)ccc2c1. The van der Waals surface area contributed by atoms with Crippen LogP contribution < -0.4 is 0 Å². The molecule has 0 aliphatic heterocycles. The fraction of sp³-hybridized carbons (Fsp3) is 0.294. The van der Waals surface area contributed by atoms with E-state index in [0.29, 0.717) is 5.92 Å². The highest BCUT2D eigenvalue weighted by molar-refractivity contribution is 5.85. The fourth-order valence-corrected chi connectivity index (χ4v) is 2.31. The van der Waals surface area contributed by atoms with Gasteiger partial charge in [-0.25, -0.2) is 4.68 Å². The van der Waals surface area contributed by atoms with Gasteiger partial charge >= 0.3 is 0 Å². The topological polar surface area (TPSA) is 30.7 Å². The van der Waals surface area contributed by atoms with Gasteiger partial charge in [0, 0.05) is 0 Å². The summed E-state index contributed by atoms with van der Waals surface area (Å²) in [5, 5.41) is 10.9. The van der Waals surface area contributed by atoms with Gasteiger partial charge in [0.25, 0.3) is 0 Å². The Morgan fingerprint density at radius 3 is 2.50 bits per heavy atom. The van der Waals surface area contributed by atoms with Crippen LogP contribution in [0.2, 0.25) is 0 Å². The van der Waals surface area contributed by atoms with Gasteiger partial charge in [0.1, 0.15) is 0 Å². The van der Waals surface area contributed by atoms with Crippen molar-refractivity contribution >= 4 is 10.8 Å². The van der Waals surface area contributed by atoms with Crippen LogP contribution in [0, 0.1) is 0 Å². The number of benzene rings is 2. The van der Waals surface area contributed by atoms with Crippen LogP contribution in [0.5, 0.6) is 0 Å². The lowest BCUT2D eigenvalue weighted by Crippen LogP contribution is -1.94. The molecule has 3 rings (SSSR count). The minimum absolute atomic E-state index is 0.399. The van der Waals surface area contributed by atoms with Gasteiger partial charge in [0.05, 0.1) is 17.6 Å².